The molecule has 0 atom stereocenters. The zero-order valence-corrected chi connectivity index (χ0v) is 29.6. The molecule has 1 aliphatic rings. The molecule has 0 unspecified atom stereocenters. The van der Waals surface area contributed by atoms with E-state index in [4.69, 9.17) is 4.74 Å². The normalized spacial score (nSPS) is 12.8. The maximum absolute atomic E-state index is 15.2. The standard InChI is InChI=1S/C46H36F2N4O/c1-46(2,3)32-12-10-11-30(23-32)31-24-34(50-29-51(43-16-7-6-15-42(43)50)41-21-18-33(47)26-39(41)48)27-36(25-31)53-35-19-20-38-37-13-4-5-14-40(37)52(44(38)28-35)45-17-8-9-22-49-45/h4-28H,29H2,1-3H3. The molecule has 0 saturated carbocycles. The van der Waals surface area contributed by atoms with Crippen LogP contribution in [0.3, 0.4) is 0 Å². The van der Waals surface area contributed by atoms with Crippen molar-refractivity contribution >= 4 is 44.6 Å². The average molecular weight is 699 g/mol. The van der Waals surface area contributed by atoms with Gasteiger partial charge in [-0.2, -0.15) is 0 Å². The third-order valence-electron chi connectivity index (χ3n) is 9.97. The smallest absolute Gasteiger partial charge is 0.149 e. The predicted molar refractivity (Wildman–Crippen MR) is 211 cm³/mol. The van der Waals surface area contributed by atoms with Gasteiger partial charge < -0.3 is 14.5 Å². The molecule has 0 spiro atoms. The van der Waals surface area contributed by atoms with Gasteiger partial charge in [-0.25, -0.2) is 13.8 Å². The molecule has 0 bridgehead atoms. The van der Waals surface area contributed by atoms with Gasteiger partial charge in [-0.1, -0.05) is 81.4 Å². The van der Waals surface area contributed by atoms with Gasteiger partial charge in [-0.05, 0) is 88.8 Å². The summed E-state index contributed by atoms with van der Waals surface area (Å²) < 4.78 is 38.2. The maximum Gasteiger partial charge on any atom is 0.149 e. The first-order chi connectivity index (χ1) is 25.7. The fourth-order valence-electron chi connectivity index (χ4n) is 7.35. The number of rotatable bonds is 6. The number of benzene rings is 6. The Bertz CT molecular complexity index is 2660. The number of aromatic nitrogens is 2. The van der Waals surface area contributed by atoms with Gasteiger partial charge >= 0.3 is 0 Å². The summed E-state index contributed by atoms with van der Waals surface area (Å²) in [5.41, 5.74) is 8.20. The summed E-state index contributed by atoms with van der Waals surface area (Å²) >= 11 is 0. The molecular formula is C46H36F2N4O. The van der Waals surface area contributed by atoms with E-state index in [1.54, 1.807) is 6.20 Å². The zero-order valence-electron chi connectivity index (χ0n) is 29.6. The van der Waals surface area contributed by atoms with Crippen LogP contribution in [0.1, 0.15) is 26.3 Å². The molecule has 0 aliphatic carbocycles. The molecule has 0 fully saturated rings. The van der Waals surface area contributed by atoms with Crippen LogP contribution in [0.2, 0.25) is 0 Å². The average Bonchev–Trinajstić information content (AvgIpc) is 3.71. The highest BCUT2D eigenvalue weighted by molar-refractivity contribution is 6.09. The molecule has 9 rings (SSSR count). The Morgan fingerprint density at radius 1 is 0.585 bits per heavy atom. The van der Waals surface area contributed by atoms with Crippen LogP contribution >= 0.6 is 0 Å². The summed E-state index contributed by atoms with van der Waals surface area (Å²) in [4.78, 5) is 8.71. The van der Waals surface area contributed by atoms with Crippen LogP contribution in [0.5, 0.6) is 11.5 Å². The van der Waals surface area contributed by atoms with E-state index in [1.807, 2.05) is 65.6 Å². The van der Waals surface area contributed by atoms with Gasteiger partial charge in [0.15, 0.2) is 0 Å². The molecule has 6 aromatic carbocycles. The molecule has 0 amide bonds. The first-order valence-corrected chi connectivity index (χ1v) is 17.7. The lowest BCUT2D eigenvalue weighted by Crippen LogP contribution is -2.24. The minimum absolute atomic E-state index is 0.0396. The molecular weight excluding hydrogens is 663 g/mol. The highest BCUT2D eigenvalue weighted by Crippen LogP contribution is 2.47. The molecule has 53 heavy (non-hydrogen) atoms. The molecule has 2 aromatic heterocycles. The van der Waals surface area contributed by atoms with Gasteiger partial charge in [0.1, 0.15) is 35.6 Å². The number of halogens is 2. The number of pyridine rings is 1. The van der Waals surface area contributed by atoms with Crippen LogP contribution in [-0.4, -0.2) is 16.2 Å². The molecule has 0 saturated heterocycles. The molecule has 0 radical (unpaired) electrons. The Kier molecular flexibility index (Phi) is 7.73. The zero-order chi connectivity index (χ0) is 36.3. The highest BCUT2D eigenvalue weighted by atomic mass is 19.1. The third kappa shape index (κ3) is 5.84. The first-order valence-electron chi connectivity index (χ1n) is 17.7. The lowest BCUT2D eigenvalue weighted by atomic mass is 9.85. The van der Waals surface area contributed by atoms with Crippen LogP contribution in [-0.2, 0) is 5.41 Å². The van der Waals surface area contributed by atoms with Crippen LogP contribution in [0, 0.1) is 11.6 Å². The quantitative estimate of drug-likeness (QED) is 0.173. The molecule has 260 valence electrons. The molecule has 1 aliphatic heterocycles. The van der Waals surface area contributed by atoms with Crippen LogP contribution in [0.4, 0.5) is 31.5 Å². The van der Waals surface area contributed by atoms with Crippen molar-refractivity contribution in [2.75, 3.05) is 16.5 Å². The number of para-hydroxylation sites is 3. The van der Waals surface area contributed by atoms with E-state index in [9.17, 15) is 4.39 Å². The van der Waals surface area contributed by atoms with Crippen molar-refractivity contribution in [3.63, 3.8) is 0 Å². The van der Waals surface area contributed by atoms with Crippen LogP contribution < -0.4 is 14.5 Å². The number of hydrogen-bond donors (Lipinski definition) is 0. The Morgan fingerprint density at radius 2 is 1.36 bits per heavy atom. The Labute approximate surface area is 307 Å². The number of nitrogens with zero attached hydrogens (tertiary/aromatic N) is 4. The Morgan fingerprint density at radius 3 is 2.15 bits per heavy atom. The van der Waals surface area contributed by atoms with Gasteiger partial charge in [0, 0.05) is 40.9 Å². The van der Waals surface area contributed by atoms with E-state index < -0.39 is 11.6 Å². The summed E-state index contributed by atoms with van der Waals surface area (Å²) in [5, 5.41) is 2.24. The van der Waals surface area contributed by atoms with Crippen molar-refractivity contribution in [1.82, 2.24) is 9.55 Å². The molecule has 8 aromatic rings. The third-order valence-corrected chi connectivity index (χ3v) is 9.97. The minimum atomic E-state index is -0.614. The largest absolute Gasteiger partial charge is 0.457 e. The Hall–Kier alpha value is -6.47. The monoisotopic (exact) mass is 698 g/mol. The van der Waals surface area contributed by atoms with Crippen molar-refractivity contribution < 1.29 is 13.5 Å². The van der Waals surface area contributed by atoms with E-state index >= 15 is 4.39 Å². The lowest BCUT2D eigenvalue weighted by molar-refractivity contribution is 0.483. The van der Waals surface area contributed by atoms with Crippen molar-refractivity contribution in [1.29, 1.82) is 0 Å². The minimum Gasteiger partial charge on any atom is -0.457 e. The topological polar surface area (TPSA) is 33.5 Å². The number of anilines is 4. The van der Waals surface area contributed by atoms with E-state index in [-0.39, 0.29) is 5.41 Å². The first kappa shape index (κ1) is 32.4. The lowest BCUT2D eigenvalue weighted by Gasteiger charge is -2.24. The van der Waals surface area contributed by atoms with Crippen LogP contribution in [0.15, 0.2) is 152 Å². The van der Waals surface area contributed by atoms with E-state index in [0.29, 0.717) is 23.9 Å². The van der Waals surface area contributed by atoms with Gasteiger partial charge in [0.25, 0.3) is 0 Å². The van der Waals surface area contributed by atoms with Crippen molar-refractivity contribution in [3.05, 3.63) is 169 Å². The summed E-state index contributed by atoms with van der Waals surface area (Å²) in [7, 11) is 0. The molecule has 0 N–H and O–H groups in total. The predicted octanol–water partition coefficient (Wildman–Crippen LogP) is 12.5. The number of ether oxygens (including phenoxy) is 1. The second-order valence-corrected chi connectivity index (χ2v) is 14.4. The Balaban J connectivity index is 1.18. The van der Waals surface area contributed by atoms with Crippen molar-refractivity contribution in [2.45, 2.75) is 26.2 Å². The second-order valence-electron chi connectivity index (χ2n) is 14.4. The molecule has 5 nitrogen and oxygen atoms in total. The second kappa shape index (κ2) is 12.6. The van der Waals surface area contributed by atoms with Gasteiger partial charge in [0.2, 0.25) is 0 Å². The summed E-state index contributed by atoms with van der Waals surface area (Å²) in [6.45, 7) is 6.95. The summed E-state index contributed by atoms with van der Waals surface area (Å²) in [6.07, 6.45) is 1.81. The van der Waals surface area contributed by atoms with E-state index in [2.05, 4.69) is 102 Å². The van der Waals surface area contributed by atoms with Crippen LogP contribution in [0.25, 0.3) is 38.8 Å². The highest BCUT2D eigenvalue weighted by Gasteiger charge is 2.30. The fourth-order valence-corrected chi connectivity index (χ4v) is 7.35. The van der Waals surface area contributed by atoms with Gasteiger partial charge in [0.05, 0.1) is 28.1 Å². The SMILES string of the molecule is CC(C)(C)c1cccc(-c2cc(Oc3ccc4c5ccccc5n(-c5ccccn5)c4c3)cc(N3CN(c4ccc(F)cc4F)c4ccccc43)c2)c1. The summed E-state index contributed by atoms with van der Waals surface area (Å²) in [5.74, 6) is 0.940. The van der Waals surface area contributed by atoms with E-state index in [1.165, 1.54) is 17.7 Å². The number of fused-ring (bicyclic) bond motifs is 4. The fraction of sp³-hybridized carbons (Fsp3) is 0.109. The van der Waals surface area contributed by atoms with Gasteiger partial charge in [-0.15, -0.1) is 0 Å². The van der Waals surface area contributed by atoms with Gasteiger partial charge in [-0.3, -0.25) is 4.57 Å². The van der Waals surface area contributed by atoms with E-state index in [0.717, 1.165) is 61.9 Å². The molecule has 7 heteroatoms. The summed E-state index contributed by atoms with van der Waals surface area (Å²) in [6, 6.07) is 46.9. The van der Waals surface area contributed by atoms with Crippen molar-refractivity contribution in [3.8, 4) is 28.4 Å². The number of hydrogen-bond acceptors (Lipinski definition) is 4. The van der Waals surface area contributed by atoms with Crippen molar-refractivity contribution in [2.24, 2.45) is 0 Å². The maximum atomic E-state index is 15.2. The molecule has 3 heterocycles.